The van der Waals surface area contributed by atoms with Crippen LogP contribution >= 0.6 is 27.3 Å². The van der Waals surface area contributed by atoms with Gasteiger partial charge in [-0.3, -0.25) is 9.48 Å². The molecule has 6 heteroatoms. The number of hydrogen-bond donors (Lipinski definition) is 1. The van der Waals surface area contributed by atoms with Gasteiger partial charge in [-0.05, 0) is 27.4 Å². The number of thiophene rings is 1. The number of nitrogen functional groups attached to an aromatic ring is 1. The number of aromatic nitrogens is 2. The second kappa shape index (κ2) is 3.79. The summed E-state index contributed by atoms with van der Waals surface area (Å²) in [5, 5.41) is 5.79. The molecule has 0 aliphatic heterocycles. The lowest BCUT2D eigenvalue weighted by atomic mass is 10.2. The Bertz CT molecular complexity index is 517. The molecule has 0 spiro atoms. The smallest absolute Gasteiger partial charge is 0.209 e. The van der Waals surface area contributed by atoms with E-state index in [9.17, 15) is 4.79 Å². The lowest BCUT2D eigenvalue weighted by Crippen LogP contribution is -2.05. The van der Waals surface area contributed by atoms with Crippen LogP contribution in [0.2, 0.25) is 0 Å². The van der Waals surface area contributed by atoms with Crippen molar-refractivity contribution in [1.82, 2.24) is 9.78 Å². The predicted molar refractivity (Wildman–Crippen MR) is 63.1 cm³/mol. The Hall–Kier alpha value is -1.14. The number of carbonyl (C=O) groups excluding carboxylic acids is 1. The minimum atomic E-state index is -0.0949. The van der Waals surface area contributed by atoms with Crippen LogP contribution in [0.15, 0.2) is 22.1 Å². The van der Waals surface area contributed by atoms with Crippen molar-refractivity contribution < 1.29 is 4.79 Å². The maximum absolute atomic E-state index is 12.0. The first kappa shape index (κ1) is 10.4. The number of halogens is 1. The highest BCUT2D eigenvalue weighted by Crippen LogP contribution is 2.26. The highest BCUT2D eigenvalue weighted by atomic mass is 79.9. The number of anilines is 1. The molecule has 0 fully saturated rings. The Morgan fingerprint density at radius 3 is 2.87 bits per heavy atom. The summed E-state index contributed by atoms with van der Waals surface area (Å²) in [6, 6.07) is 1.84. The van der Waals surface area contributed by atoms with E-state index in [1.165, 1.54) is 22.2 Å². The first-order valence-corrected chi connectivity index (χ1v) is 5.83. The number of ketones is 1. The van der Waals surface area contributed by atoms with Crippen LogP contribution in [0.4, 0.5) is 5.82 Å². The van der Waals surface area contributed by atoms with E-state index < -0.39 is 0 Å². The lowest BCUT2D eigenvalue weighted by molar-refractivity contribution is 0.104. The molecule has 0 aliphatic carbocycles. The minimum Gasteiger partial charge on any atom is -0.383 e. The summed E-state index contributed by atoms with van der Waals surface area (Å²) in [5.41, 5.74) is 6.17. The van der Waals surface area contributed by atoms with Crippen molar-refractivity contribution in [2.75, 3.05) is 5.73 Å². The second-order valence-electron chi connectivity index (χ2n) is 2.99. The van der Waals surface area contributed by atoms with Gasteiger partial charge in [0, 0.05) is 11.5 Å². The van der Waals surface area contributed by atoms with Crippen LogP contribution in [0, 0.1) is 0 Å². The van der Waals surface area contributed by atoms with Crippen molar-refractivity contribution >= 4 is 38.9 Å². The Morgan fingerprint density at radius 2 is 2.40 bits per heavy atom. The molecule has 4 nitrogen and oxygen atoms in total. The zero-order valence-corrected chi connectivity index (χ0v) is 10.3. The number of rotatable bonds is 2. The van der Waals surface area contributed by atoms with E-state index in [4.69, 9.17) is 5.73 Å². The molecule has 0 radical (unpaired) electrons. The topological polar surface area (TPSA) is 60.9 Å². The van der Waals surface area contributed by atoms with Crippen LogP contribution in [-0.4, -0.2) is 15.6 Å². The molecule has 0 aromatic carbocycles. The lowest BCUT2D eigenvalue weighted by Gasteiger charge is -1.98. The molecule has 2 aromatic heterocycles. The largest absolute Gasteiger partial charge is 0.383 e. The van der Waals surface area contributed by atoms with Gasteiger partial charge in [0.05, 0.1) is 16.6 Å². The van der Waals surface area contributed by atoms with Crippen molar-refractivity contribution in [2.24, 2.45) is 7.05 Å². The SMILES string of the molecule is Cn1ncc(C(=O)c2sccc2Br)c1N. The van der Waals surface area contributed by atoms with Crippen LogP contribution in [0.1, 0.15) is 15.2 Å². The first-order chi connectivity index (χ1) is 7.11. The number of nitrogens with zero attached hydrogens (tertiary/aromatic N) is 2. The first-order valence-electron chi connectivity index (χ1n) is 4.16. The van der Waals surface area contributed by atoms with Crippen molar-refractivity contribution in [2.45, 2.75) is 0 Å². The summed E-state index contributed by atoms with van der Waals surface area (Å²) in [6.45, 7) is 0. The van der Waals surface area contributed by atoms with Gasteiger partial charge in [-0.2, -0.15) is 5.10 Å². The van der Waals surface area contributed by atoms with E-state index in [0.29, 0.717) is 16.3 Å². The minimum absolute atomic E-state index is 0.0949. The van der Waals surface area contributed by atoms with E-state index in [2.05, 4.69) is 21.0 Å². The highest BCUT2D eigenvalue weighted by molar-refractivity contribution is 9.10. The van der Waals surface area contributed by atoms with Crippen molar-refractivity contribution in [3.05, 3.63) is 32.6 Å². The molecular formula is C9H8BrN3OS. The standard InChI is InChI=1S/C9H8BrN3OS/c1-13-9(11)5(4-12-13)7(14)8-6(10)2-3-15-8/h2-4H,11H2,1H3. The van der Waals surface area contributed by atoms with E-state index >= 15 is 0 Å². The van der Waals surface area contributed by atoms with Gasteiger partial charge < -0.3 is 5.73 Å². The Kier molecular flexibility index (Phi) is 2.62. The van der Waals surface area contributed by atoms with Gasteiger partial charge in [-0.15, -0.1) is 11.3 Å². The molecule has 0 bridgehead atoms. The second-order valence-corrected chi connectivity index (χ2v) is 4.76. The third-order valence-electron chi connectivity index (χ3n) is 2.05. The average Bonchev–Trinajstić information content (AvgIpc) is 2.75. The summed E-state index contributed by atoms with van der Waals surface area (Å²) < 4.78 is 2.27. The van der Waals surface area contributed by atoms with Crippen LogP contribution in [0.3, 0.4) is 0 Å². The van der Waals surface area contributed by atoms with Crippen molar-refractivity contribution in [3.63, 3.8) is 0 Å². The van der Waals surface area contributed by atoms with Gasteiger partial charge in [-0.1, -0.05) is 0 Å². The summed E-state index contributed by atoms with van der Waals surface area (Å²) in [6.07, 6.45) is 1.49. The molecule has 0 amide bonds. The fourth-order valence-corrected chi connectivity index (χ4v) is 2.71. The molecule has 2 heterocycles. The monoisotopic (exact) mass is 285 g/mol. The van der Waals surface area contributed by atoms with Crippen LogP contribution in [0.5, 0.6) is 0 Å². The predicted octanol–water partition coefficient (Wildman–Crippen LogP) is 2.06. The van der Waals surface area contributed by atoms with Gasteiger partial charge in [0.2, 0.25) is 5.78 Å². The molecule has 2 rings (SSSR count). The number of aryl methyl sites for hydroxylation is 1. The highest BCUT2D eigenvalue weighted by Gasteiger charge is 2.18. The average molecular weight is 286 g/mol. The van der Waals surface area contributed by atoms with E-state index in [0.717, 1.165) is 4.47 Å². The third-order valence-corrected chi connectivity index (χ3v) is 3.89. The summed E-state index contributed by atoms with van der Waals surface area (Å²) in [7, 11) is 1.70. The Balaban J connectivity index is 2.46. The van der Waals surface area contributed by atoms with Gasteiger partial charge >= 0.3 is 0 Å². The molecule has 2 N–H and O–H groups in total. The molecule has 0 atom stereocenters. The molecule has 0 saturated carbocycles. The maximum atomic E-state index is 12.0. The summed E-state index contributed by atoms with van der Waals surface area (Å²) in [5.74, 6) is 0.294. The molecule has 2 aromatic rings. The van der Waals surface area contributed by atoms with Crippen molar-refractivity contribution in [3.8, 4) is 0 Å². The normalized spacial score (nSPS) is 10.5. The molecular weight excluding hydrogens is 278 g/mol. The Labute approximate surface area is 98.8 Å². The van der Waals surface area contributed by atoms with Gasteiger partial charge in [0.1, 0.15) is 5.82 Å². The Morgan fingerprint density at radius 1 is 1.67 bits per heavy atom. The number of hydrogen-bond acceptors (Lipinski definition) is 4. The zero-order chi connectivity index (χ0) is 11.0. The van der Waals surface area contributed by atoms with E-state index in [1.807, 2.05) is 11.4 Å². The fraction of sp³-hybridized carbons (Fsp3) is 0.111. The molecule has 15 heavy (non-hydrogen) atoms. The van der Waals surface area contributed by atoms with Crippen molar-refractivity contribution in [1.29, 1.82) is 0 Å². The van der Waals surface area contributed by atoms with Gasteiger partial charge in [0.15, 0.2) is 0 Å². The third kappa shape index (κ3) is 1.70. The van der Waals surface area contributed by atoms with Crippen LogP contribution < -0.4 is 5.73 Å². The van der Waals surface area contributed by atoms with Gasteiger partial charge in [0.25, 0.3) is 0 Å². The van der Waals surface area contributed by atoms with E-state index in [-0.39, 0.29) is 5.78 Å². The molecule has 0 unspecified atom stereocenters. The quantitative estimate of drug-likeness (QED) is 0.860. The van der Waals surface area contributed by atoms with Gasteiger partial charge in [-0.25, -0.2) is 0 Å². The van der Waals surface area contributed by atoms with Crippen LogP contribution in [0.25, 0.3) is 0 Å². The molecule has 0 saturated heterocycles. The van der Waals surface area contributed by atoms with E-state index in [1.54, 1.807) is 7.05 Å². The summed E-state index contributed by atoms with van der Waals surface area (Å²) in [4.78, 5) is 12.7. The molecule has 0 aliphatic rings. The zero-order valence-electron chi connectivity index (χ0n) is 7.90. The fourth-order valence-electron chi connectivity index (χ4n) is 1.20. The van der Waals surface area contributed by atoms with Crippen LogP contribution in [-0.2, 0) is 7.05 Å². The number of nitrogens with two attached hydrogens (primary N) is 1. The summed E-state index contributed by atoms with van der Waals surface area (Å²) >= 11 is 4.70. The number of carbonyl (C=O) groups is 1. The maximum Gasteiger partial charge on any atom is 0.209 e. The molecule has 78 valence electrons.